The molecule has 1 N–H and O–H groups in total. The molecule has 0 spiro atoms. The monoisotopic (exact) mass is 418 g/mol. The third-order valence-electron chi connectivity index (χ3n) is 5.45. The molecule has 4 heterocycles. The molecule has 4 aromatic rings. The molecule has 0 saturated carbocycles. The Morgan fingerprint density at radius 2 is 2.16 bits per heavy atom. The number of pyridine rings is 1. The van der Waals surface area contributed by atoms with Crippen molar-refractivity contribution >= 4 is 34.1 Å². The van der Waals surface area contributed by atoms with Gasteiger partial charge in [0.25, 0.3) is 6.47 Å². The summed E-state index contributed by atoms with van der Waals surface area (Å²) in [5.74, 6) is 1.76. The Morgan fingerprint density at radius 3 is 2.81 bits per heavy atom. The third kappa shape index (κ3) is 3.98. The molecule has 31 heavy (non-hydrogen) atoms. The van der Waals surface area contributed by atoms with E-state index in [4.69, 9.17) is 26.0 Å². The van der Waals surface area contributed by atoms with Gasteiger partial charge in [-0.25, -0.2) is 9.83 Å². The summed E-state index contributed by atoms with van der Waals surface area (Å²) in [5.41, 5.74) is 4.30. The van der Waals surface area contributed by atoms with Crippen LogP contribution in [0.4, 0.5) is 5.69 Å². The molecular formula is C22H22N6O3. The molecule has 158 valence electrons. The molecule has 9 nitrogen and oxygen atoms in total. The molecule has 0 amide bonds. The Hall–Kier alpha value is -3.77. The van der Waals surface area contributed by atoms with Gasteiger partial charge in [0.15, 0.2) is 5.69 Å². The maximum absolute atomic E-state index is 8.36. The van der Waals surface area contributed by atoms with Gasteiger partial charge < -0.3 is 19.1 Å². The van der Waals surface area contributed by atoms with E-state index in [1.807, 2.05) is 37.4 Å². The van der Waals surface area contributed by atoms with Gasteiger partial charge in [-0.05, 0) is 39.1 Å². The summed E-state index contributed by atoms with van der Waals surface area (Å²) in [6.45, 7) is 11.1. The molecule has 5 rings (SSSR count). The van der Waals surface area contributed by atoms with Crippen molar-refractivity contribution in [2.75, 3.05) is 20.1 Å². The van der Waals surface area contributed by atoms with Crippen molar-refractivity contribution in [1.29, 1.82) is 0 Å². The van der Waals surface area contributed by atoms with Gasteiger partial charge in [-0.15, -0.1) is 0 Å². The first kappa shape index (κ1) is 20.5. The Labute approximate surface area is 178 Å². The number of fused-ring (bicyclic) bond motifs is 3. The lowest BCUT2D eigenvalue weighted by atomic mass is 10.1. The minimum Gasteiger partial charge on any atom is -0.483 e. The van der Waals surface area contributed by atoms with Gasteiger partial charge in [-0.1, -0.05) is 11.2 Å². The van der Waals surface area contributed by atoms with Crippen molar-refractivity contribution in [2.24, 2.45) is 0 Å². The number of carbonyl (C=O) groups is 1. The molecule has 1 aliphatic heterocycles. The molecule has 1 saturated heterocycles. The summed E-state index contributed by atoms with van der Waals surface area (Å²) in [4.78, 5) is 23.8. The molecule has 1 atom stereocenters. The van der Waals surface area contributed by atoms with E-state index in [2.05, 4.69) is 31.5 Å². The maximum atomic E-state index is 8.36. The number of hydrogen-bond acceptors (Lipinski definition) is 6. The number of aryl methyl sites for hydroxylation is 1. The first-order chi connectivity index (χ1) is 15.0. The van der Waals surface area contributed by atoms with Gasteiger partial charge in [0, 0.05) is 24.0 Å². The van der Waals surface area contributed by atoms with Gasteiger partial charge in [-0.3, -0.25) is 9.78 Å². The zero-order valence-electron chi connectivity index (χ0n) is 17.3. The number of hydrogen-bond donors (Lipinski definition) is 1. The number of carboxylic acid groups (broad SMARTS) is 1. The van der Waals surface area contributed by atoms with Crippen LogP contribution in [0.15, 0.2) is 35.0 Å². The van der Waals surface area contributed by atoms with E-state index in [0.717, 1.165) is 58.7 Å². The summed E-state index contributed by atoms with van der Waals surface area (Å²) in [5, 5.41) is 12.0. The Kier molecular flexibility index (Phi) is 5.64. The van der Waals surface area contributed by atoms with Crippen LogP contribution in [-0.2, 0) is 11.2 Å². The average molecular weight is 418 g/mol. The van der Waals surface area contributed by atoms with Gasteiger partial charge in [0.05, 0.1) is 35.9 Å². The minimum atomic E-state index is -0.250. The van der Waals surface area contributed by atoms with Crippen molar-refractivity contribution in [2.45, 2.75) is 25.8 Å². The van der Waals surface area contributed by atoms with Crippen LogP contribution in [0.3, 0.4) is 0 Å². The lowest BCUT2D eigenvalue weighted by Gasteiger charge is -2.17. The van der Waals surface area contributed by atoms with Crippen molar-refractivity contribution in [1.82, 2.24) is 24.6 Å². The molecule has 9 heteroatoms. The second kappa shape index (κ2) is 8.53. The molecule has 0 unspecified atom stereocenters. The molecule has 1 aromatic carbocycles. The van der Waals surface area contributed by atoms with Crippen LogP contribution in [0.1, 0.15) is 29.7 Å². The smallest absolute Gasteiger partial charge is 0.290 e. The van der Waals surface area contributed by atoms with Crippen LogP contribution < -0.4 is 0 Å². The van der Waals surface area contributed by atoms with E-state index < -0.39 is 0 Å². The molecule has 0 bridgehead atoms. The highest BCUT2D eigenvalue weighted by atomic mass is 16.5. The van der Waals surface area contributed by atoms with Crippen molar-refractivity contribution in [3.05, 3.63) is 59.2 Å². The first-order valence-corrected chi connectivity index (χ1v) is 9.89. The molecule has 0 aliphatic carbocycles. The summed E-state index contributed by atoms with van der Waals surface area (Å²) in [7, 11) is 2.15. The topological polar surface area (TPSA) is 102 Å². The molecule has 0 radical (unpaired) electrons. The Morgan fingerprint density at radius 1 is 1.35 bits per heavy atom. The Balaban J connectivity index is 0.000000730. The molecule has 1 fully saturated rings. The maximum Gasteiger partial charge on any atom is 0.290 e. The van der Waals surface area contributed by atoms with Crippen molar-refractivity contribution in [3.8, 4) is 0 Å². The fourth-order valence-corrected chi connectivity index (χ4v) is 4.19. The highest BCUT2D eigenvalue weighted by Crippen LogP contribution is 2.33. The van der Waals surface area contributed by atoms with Crippen LogP contribution in [-0.4, -0.2) is 56.3 Å². The van der Waals surface area contributed by atoms with Crippen LogP contribution in [0.25, 0.3) is 26.8 Å². The summed E-state index contributed by atoms with van der Waals surface area (Å²) < 4.78 is 7.60. The standard InChI is InChI=1S/C21H20N6O.CH2O2/c1-13-8-15(25-28-13)10-20-24-19-11-23-18-5-4-14(22-2)9-17(18)21(19)27(20)16-6-7-26(3)12-16;2-1-3/h4-5,8-9,11,16H,6-7,10,12H2,1,3H3;1H,(H,2,3)/t16-;/m0./s1. The lowest BCUT2D eigenvalue weighted by molar-refractivity contribution is -0.122. The lowest BCUT2D eigenvalue weighted by Crippen LogP contribution is -2.18. The highest BCUT2D eigenvalue weighted by Gasteiger charge is 2.27. The van der Waals surface area contributed by atoms with E-state index >= 15 is 0 Å². The third-order valence-corrected chi connectivity index (χ3v) is 5.45. The average Bonchev–Trinajstić information content (AvgIpc) is 3.46. The van der Waals surface area contributed by atoms with E-state index in [1.54, 1.807) is 0 Å². The van der Waals surface area contributed by atoms with Crippen LogP contribution in [0, 0.1) is 13.5 Å². The van der Waals surface area contributed by atoms with E-state index in [9.17, 15) is 0 Å². The van der Waals surface area contributed by atoms with Crippen LogP contribution in [0.5, 0.6) is 0 Å². The second-order valence-electron chi connectivity index (χ2n) is 7.62. The SMILES string of the molecule is O=CO.[C-]#[N+]c1ccc2ncc3nc(Cc4cc(C)on4)n([C@H]4CCN(C)C4)c3c2c1. The number of rotatable bonds is 3. The van der Waals surface area contributed by atoms with Crippen molar-refractivity contribution < 1.29 is 14.4 Å². The zero-order chi connectivity index (χ0) is 22.0. The number of likely N-dealkylation sites (tertiary alicyclic amines) is 1. The summed E-state index contributed by atoms with van der Waals surface area (Å²) in [6, 6.07) is 7.95. The van der Waals surface area contributed by atoms with E-state index in [-0.39, 0.29) is 6.47 Å². The fourth-order valence-electron chi connectivity index (χ4n) is 4.19. The van der Waals surface area contributed by atoms with Gasteiger partial charge in [0.2, 0.25) is 0 Å². The number of imidazole rings is 1. The van der Waals surface area contributed by atoms with Gasteiger partial charge in [-0.2, -0.15) is 0 Å². The predicted molar refractivity (Wildman–Crippen MR) is 115 cm³/mol. The Bertz CT molecular complexity index is 1290. The molecular weight excluding hydrogens is 396 g/mol. The van der Waals surface area contributed by atoms with Crippen molar-refractivity contribution in [3.63, 3.8) is 0 Å². The highest BCUT2D eigenvalue weighted by molar-refractivity contribution is 6.03. The zero-order valence-corrected chi connectivity index (χ0v) is 17.3. The van der Waals surface area contributed by atoms with Gasteiger partial charge >= 0.3 is 0 Å². The number of aromatic nitrogens is 4. The molecule has 1 aliphatic rings. The number of nitrogens with zero attached hydrogens (tertiary/aromatic N) is 6. The summed E-state index contributed by atoms with van der Waals surface area (Å²) in [6.07, 6.45) is 3.51. The fraction of sp³-hybridized carbons (Fsp3) is 0.318. The second-order valence-corrected chi connectivity index (χ2v) is 7.62. The predicted octanol–water partition coefficient (Wildman–Crippen LogP) is 3.60. The van der Waals surface area contributed by atoms with E-state index in [0.29, 0.717) is 18.2 Å². The summed E-state index contributed by atoms with van der Waals surface area (Å²) >= 11 is 0. The van der Waals surface area contributed by atoms with Gasteiger partial charge in [0.1, 0.15) is 17.1 Å². The van der Waals surface area contributed by atoms with E-state index in [1.165, 1.54) is 0 Å². The number of benzene rings is 1. The largest absolute Gasteiger partial charge is 0.483 e. The quantitative estimate of drug-likeness (QED) is 0.401. The molecule has 3 aromatic heterocycles. The van der Waals surface area contributed by atoms with Crippen LogP contribution >= 0.6 is 0 Å². The normalized spacial score (nSPS) is 16.2. The minimum absolute atomic E-state index is 0.250. The first-order valence-electron chi connectivity index (χ1n) is 9.89. The van der Waals surface area contributed by atoms with Crippen LogP contribution in [0.2, 0.25) is 0 Å². The number of likely N-dealkylation sites (N-methyl/N-ethyl adjacent to an activating group) is 1.